The normalized spacial score (nSPS) is 5.36. The van der Waals surface area contributed by atoms with Gasteiger partial charge in [0.05, 0.1) is 0 Å². The average Bonchev–Trinajstić information content (AvgIpc) is 1.94. The van der Waals surface area contributed by atoms with Gasteiger partial charge in [0, 0.05) is 0 Å². The minimum atomic E-state index is -5.62. The van der Waals surface area contributed by atoms with Crippen molar-refractivity contribution < 1.29 is 207 Å². The van der Waals surface area contributed by atoms with E-state index in [1.165, 1.54) is 0 Å². The van der Waals surface area contributed by atoms with Crippen LogP contribution in [0.1, 0.15) is 0 Å². The Hall–Kier alpha value is 2.18. The first-order valence-corrected chi connectivity index (χ1v) is 23.3. The molecule has 0 aromatic carbocycles. The van der Waals surface area contributed by atoms with E-state index < -0.39 is 87.1 Å². The Bertz CT molecular complexity index is 538. The fourth-order valence-electron chi connectivity index (χ4n) is 0. The standard InChI is InChI=1S/6AsH3O4.4Co.24H3N.8H2O/c6*2-1(3,4)5;;;;;;;;;;;;;;;;;;;;;;;;;;;;;;;;;;;;/h6*(H3,2,3,4,5);;;;;24*1H3;8*1H2/q;;;;;;4*+3;;;;;;;;;;;;;;;;;;;;;;;;;;;;;;;;/p-12. The van der Waals surface area contributed by atoms with Crippen LogP contribution in [0.2, 0.25) is 0 Å². The molecule has 0 aliphatic heterocycles. The molecule has 0 aromatic rings. The second-order valence-electron chi connectivity index (χ2n) is 2.81. The van der Waals surface area contributed by atoms with Gasteiger partial charge in [-0.1, -0.05) is 0 Å². The first-order chi connectivity index (χ1) is 12.0. The van der Waals surface area contributed by atoms with Crippen LogP contribution in [0.3, 0.4) is 0 Å². The molecule has 0 heterocycles. The molecular formula is H94As6Co4N24O32. The summed E-state index contributed by atoms with van der Waals surface area (Å²) in [5.41, 5.74) is 0. The molecular weight excluding hydrogens is 1530 g/mol. The second-order valence-corrected chi connectivity index (χ2v) is 14.6. The van der Waals surface area contributed by atoms with Crippen molar-refractivity contribution in [3.8, 4) is 0 Å². The zero-order chi connectivity index (χ0) is 27.0. The van der Waals surface area contributed by atoms with E-state index >= 15 is 0 Å². The fourth-order valence-corrected chi connectivity index (χ4v) is 0. The summed E-state index contributed by atoms with van der Waals surface area (Å²) in [6.45, 7) is 0. The van der Waals surface area contributed by atoms with Crippen LogP contribution in [0.4, 0.5) is 0 Å². The van der Waals surface area contributed by atoms with E-state index in [0.717, 1.165) is 0 Å². The van der Waals surface area contributed by atoms with Gasteiger partial charge >= 0.3 is 250 Å². The Morgan fingerprint density at radius 3 is 0.167 bits per heavy atom. The average molecular weight is 1630 g/mol. The molecule has 66 heteroatoms. The van der Waals surface area contributed by atoms with Crippen LogP contribution < -0.4 is 197 Å². The molecule has 56 nitrogen and oxygen atoms in total. The van der Waals surface area contributed by atoms with Crippen molar-refractivity contribution in [1.29, 1.82) is 0 Å². The van der Waals surface area contributed by atoms with Crippen LogP contribution in [0.25, 0.3) is 0 Å². The third-order valence-corrected chi connectivity index (χ3v) is 0. The van der Waals surface area contributed by atoms with E-state index in [-0.39, 0.29) is 259 Å². The van der Waals surface area contributed by atoms with E-state index in [4.69, 9.17) is 96.2 Å². The molecule has 0 aliphatic carbocycles. The minimum absolute atomic E-state index is 0. The molecule has 0 aromatic heterocycles. The smallest absolute Gasteiger partial charge is 3.00 e. The molecule has 0 atom stereocenters. The predicted octanol–water partition coefficient (Wildman–Crippen LogP) is -23.3. The number of hydrogen-bond acceptors (Lipinski definition) is 42. The van der Waals surface area contributed by atoms with E-state index in [1.807, 2.05) is 0 Å². The SMILES string of the molecule is N.N.N.N.N.N.N.N.N.N.N.N.N.N.N.N.N.N.N.N.N.N.N.N.O.O.O.O.O.O.O.O.O=[As]([O-])([O-])O.O=[As]([O-])([O-])O.O=[As]([O-])([O-])O.O=[As]([O-])([O-])O.O=[As]([O-])([O-])O.O=[As]([O-])([O-])O.[Co+3].[Co+3].[Co+3].[Co+3]. The molecule has 94 N–H and O–H groups in total. The van der Waals surface area contributed by atoms with Crippen molar-refractivity contribution in [3.63, 3.8) is 0 Å². The van der Waals surface area contributed by atoms with Crippen LogP contribution in [0.5, 0.6) is 0 Å². The number of hydrogen-bond donors (Lipinski definition) is 30. The zero-order valence-corrected chi connectivity index (χ0v) is 50.4. The van der Waals surface area contributed by atoms with Crippen molar-refractivity contribution in [2.75, 3.05) is 0 Å². The Labute approximate surface area is 438 Å². The summed E-state index contributed by atoms with van der Waals surface area (Å²) in [7, 11) is 0. The van der Waals surface area contributed by atoms with E-state index in [0.29, 0.717) is 0 Å². The maximum atomic E-state index is 8.72. The second kappa shape index (κ2) is 202. The van der Waals surface area contributed by atoms with Crippen molar-refractivity contribution in [2.45, 2.75) is 0 Å². The third-order valence-electron chi connectivity index (χ3n) is 0. The van der Waals surface area contributed by atoms with Gasteiger partial charge in [-0.25, -0.2) is 0 Å². The Morgan fingerprint density at radius 1 is 0.167 bits per heavy atom. The molecule has 0 rings (SSSR count). The van der Waals surface area contributed by atoms with E-state index in [1.54, 1.807) is 0 Å². The van der Waals surface area contributed by atoms with Crippen LogP contribution in [0.15, 0.2) is 0 Å². The molecule has 472 valence electrons. The monoisotopic (exact) mass is 1630 g/mol. The van der Waals surface area contributed by atoms with Gasteiger partial charge in [-0.05, 0) is 0 Å². The van der Waals surface area contributed by atoms with Gasteiger partial charge in [0.2, 0.25) is 0 Å². The van der Waals surface area contributed by atoms with Crippen LogP contribution in [-0.2, 0) is 89.6 Å². The topological polar surface area (TPSA) is 1590 Å². The molecule has 0 saturated heterocycles. The van der Waals surface area contributed by atoms with E-state index in [2.05, 4.69) is 0 Å². The van der Waals surface area contributed by atoms with Crippen molar-refractivity contribution in [3.05, 3.63) is 0 Å². The molecule has 0 saturated carbocycles. The first-order valence-electron chi connectivity index (χ1n) is 4.49. The van der Waals surface area contributed by atoms with Crippen molar-refractivity contribution in [2.24, 2.45) is 0 Å². The van der Waals surface area contributed by atoms with Crippen LogP contribution >= 0.6 is 0 Å². The molecule has 0 bridgehead atoms. The summed E-state index contributed by atoms with van der Waals surface area (Å²) in [5.74, 6) is 0. The van der Waals surface area contributed by atoms with Gasteiger partial charge in [-0.2, -0.15) is 0 Å². The summed E-state index contributed by atoms with van der Waals surface area (Å²) >= 11 is -33.8. The summed E-state index contributed by atoms with van der Waals surface area (Å²) in [4.78, 5) is 0. The van der Waals surface area contributed by atoms with Gasteiger partial charge in [0.1, 0.15) is 0 Å². The molecule has 0 fully saturated rings. The molecule has 0 radical (unpaired) electrons. The zero-order valence-electron chi connectivity index (χ0n) is 35.0. The minimum Gasteiger partial charge on any atom is 3.00 e. The predicted molar refractivity (Wildman–Crippen MR) is 201 cm³/mol. The third kappa shape index (κ3) is 59300. The molecule has 0 unspecified atom stereocenters. The van der Waals surface area contributed by atoms with Crippen molar-refractivity contribution >= 4 is 87.1 Å². The molecule has 0 spiro atoms. The van der Waals surface area contributed by atoms with E-state index in [9.17, 15) is 0 Å². The number of rotatable bonds is 0. The Morgan fingerprint density at radius 2 is 0.167 bits per heavy atom. The fraction of sp³-hybridized carbons (Fsp3) is 0. The first kappa shape index (κ1) is 449. The summed E-state index contributed by atoms with van der Waals surface area (Å²) < 4.78 is 199. The maximum absolute atomic E-state index is 8.72. The van der Waals surface area contributed by atoms with Gasteiger partial charge in [-0.3, -0.25) is 0 Å². The molecule has 66 heavy (non-hydrogen) atoms. The quantitative estimate of drug-likeness (QED) is 0.100. The van der Waals surface area contributed by atoms with Crippen LogP contribution in [0, 0.1) is 0 Å². The van der Waals surface area contributed by atoms with Gasteiger partial charge in [-0.15, -0.1) is 0 Å². The Balaban J connectivity index is -0.00000000236. The van der Waals surface area contributed by atoms with Crippen molar-refractivity contribution in [1.82, 2.24) is 148 Å². The Kier molecular flexibility index (Phi) is 1370. The summed E-state index contributed by atoms with van der Waals surface area (Å²) in [6.07, 6.45) is 0. The van der Waals surface area contributed by atoms with Gasteiger partial charge in [0.25, 0.3) is 0 Å². The molecule has 0 aliphatic rings. The summed E-state index contributed by atoms with van der Waals surface area (Å²) in [5, 5.41) is 0. The van der Waals surface area contributed by atoms with Gasteiger partial charge < -0.3 is 191 Å². The summed E-state index contributed by atoms with van der Waals surface area (Å²) in [6, 6.07) is 0. The largest absolute Gasteiger partial charge is 3.00 e. The molecule has 0 amide bonds. The maximum Gasteiger partial charge on any atom is 3.00 e. The van der Waals surface area contributed by atoms with Crippen LogP contribution in [-0.4, -0.2) is 155 Å². The van der Waals surface area contributed by atoms with Gasteiger partial charge in [0.15, 0.2) is 0 Å².